The van der Waals surface area contributed by atoms with Crippen molar-refractivity contribution in [3.05, 3.63) is 0 Å². The van der Waals surface area contributed by atoms with Crippen molar-refractivity contribution in [1.29, 1.82) is 0 Å². The number of carboxylic acids is 1. The van der Waals surface area contributed by atoms with E-state index in [1.54, 1.807) is 0 Å². The summed E-state index contributed by atoms with van der Waals surface area (Å²) in [6.07, 6.45) is 3.52. The minimum Gasteiger partial charge on any atom is -0.550 e. The van der Waals surface area contributed by atoms with E-state index in [-0.39, 0.29) is 5.92 Å². The second-order valence-electron chi connectivity index (χ2n) is 5.25. The standard InChI is InChI=1S/C8H16O2.C4H12N/c1-3-5-6-7(4-2)8(9)10;1-5(2,3)4/h7H,3-6H2,1-2H3,(H,9,10);1-4H3/q;+1/p-1. The van der Waals surface area contributed by atoms with E-state index >= 15 is 0 Å². The maximum absolute atomic E-state index is 10.3. The molecular weight excluding hydrogens is 190 g/mol. The fourth-order valence-electron chi connectivity index (χ4n) is 0.939. The van der Waals surface area contributed by atoms with E-state index < -0.39 is 5.97 Å². The third-order valence-corrected chi connectivity index (χ3v) is 1.73. The summed E-state index contributed by atoms with van der Waals surface area (Å²) < 4.78 is 1.00. The average Bonchev–Trinajstić information content (AvgIpc) is 2.02. The van der Waals surface area contributed by atoms with Crippen LogP contribution in [0.2, 0.25) is 0 Å². The molecular formula is C12H27NO2. The molecule has 0 aliphatic carbocycles. The number of carbonyl (C=O) groups is 1. The third-order valence-electron chi connectivity index (χ3n) is 1.73. The molecule has 0 aliphatic heterocycles. The van der Waals surface area contributed by atoms with Gasteiger partial charge in [-0.25, -0.2) is 0 Å². The fraction of sp³-hybridized carbons (Fsp3) is 0.917. The first-order chi connectivity index (χ1) is 6.72. The molecule has 0 aromatic rings. The lowest BCUT2D eigenvalue weighted by molar-refractivity contribution is -0.849. The zero-order chi connectivity index (χ0) is 12.5. The number of rotatable bonds is 5. The highest BCUT2D eigenvalue weighted by Crippen LogP contribution is 2.10. The molecule has 0 aromatic heterocycles. The van der Waals surface area contributed by atoms with Gasteiger partial charge in [-0.3, -0.25) is 0 Å². The van der Waals surface area contributed by atoms with Crippen molar-refractivity contribution >= 4 is 5.97 Å². The van der Waals surface area contributed by atoms with E-state index in [0.717, 1.165) is 23.7 Å². The second-order valence-corrected chi connectivity index (χ2v) is 5.25. The van der Waals surface area contributed by atoms with E-state index in [0.29, 0.717) is 6.42 Å². The highest BCUT2D eigenvalue weighted by atomic mass is 16.4. The highest BCUT2D eigenvalue weighted by molar-refractivity contribution is 5.67. The van der Waals surface area contributed by atoms with E-state index in [2.05, 4.69) is 35.1 Å². The molecule has 0 rings (SSSR count). The van der Waals surface area contributed by atoms with Gasteiger partial charge < -0.3 is 14.4 Å². The molecule has 1 atom stereocenters. The van der Waals surface area contributed by atoms with Crippen LogP contribution in [0.3, 0.4) is 0 Å². The molecule has 0 spiro atoms. The van der Waals surface area contributed by atoms with Crippen LogP contribution in [0.5, 0.6) is 0 Å². The maximum Gasteiger partial charge on any atom is 0.0675 e. The van der Waals surface area contributed by atoms with Gasteiger partial charge in [0.25, 0.3) is 0 Å². The van der Waals surface area contributed by atoms with Gasteiger partial charge in [0.2, 0.25) is 0 Å². The van der Waals surface area contributed by atoms with Crippen LogP contribution in [0, 0.1) is 5.92 Å². The van der Waals surface area contributed by atoms with Crippen LogP contribution in [0.15, 0.2) is 0 Å². The van der Waals surface area contributed by atoms with Gasteiger partial charge in [-0.15, -0.1) is 0 Å². The van der Waals surface area contributed by atoms with Gasteiger partial charge in [-0.2, -0.15) is 0 Å². The van der Waals surface area contributed by atoms with E-state index in [9.17, 15) is 9.90 Å². The van der Waals surface area contributed by atoms with Crippen molar-refractivity contribution in [1.82, 2.24) is 0 Å². The highest BCUT2D eigenvalue weighted by Gasteiger charge is 2.04. The van der Waals surface area contributed by atoms with Crippen LogP contribution in [0.4, 0.5) is 0 Å². The maximum atomic E-state index is 10.3. The van der Waals surface area contributed by atoms with Gasteiger partial charge in [0.15, 0.2) is 0 Å². The summed E-state index contributed by atoms with van der Waals surface area (Å²) >= 11 is 0. The molecule has 0 saturated carbocycles. The SMILES string of the molecule is CCCCC(CC)C(=O)[O-].C[N+](C)(C)C. The molecule has 0 aromatic carbocycles. The van der Waals surface area contributed by atoms with Gasteiger partial charge in [-0.05, 0) is 18.8 Å². The van der Waals surface area contributed by atoms with Crippen molar-refractivity contribution in [2.45, 2.75) is 39.5 Å². The molecule has 3 heteroatoms. The predicted molar refractivity (Wildman–Crippen MR) is 62.3 cm³/mol. The first-order valence-electron chi connectivity index (χ1n) is 5.72. The number of unbranched alkanes of at least 4 members (excludes halogenated alkanes) is 1. The minimum atomic E-state index is -0.893. The fourth-order valence-corrected chi connectivity index (χ4v) is 0.939. The summed E-state index contributed by atoms with van der Waals surface area (Å²) in [6.45, 7) is 3.94. The largest absolute Gasteiger partial charge is 0.550 e. The number of carboxylic acid groups (broad SMARTS) is 1. The molecule has 0 fully saturated rings. The molecule has 0 radical (unpaired) electrons. The Morgan fingerprint density at radius 1 is 1.20 bits per heavy atom. The lowest BCUT2D eigenvalue weighted by atomic mass is 10.00. The lowest BCUT2D eigenvalue weighted by Gasteiger charge is -2.14. The van der Waals surface area contributed by atoms with Crippen LogP contribution < -0.4 is 5.11 Å². The Bertz CT molecular complexity index is 155. The molecule has 0 aliphatic rings. The third kappa shape index (κ3) is 19.7. The molecule has 15 heavy (non-hydrogen) atoms. The Hall–Kier alpha value is -0.570. The minimum absolute atomic E-state index is 0.222. The Morgan fingerprint density at radius 2 is 1.60 bits per heavy atom. The van der Waals surface area contributed by atoms with Crippen LogP contribution in [-0.2, 0) is 4.79 Å². The molecule has 0 saturated heterocycles. The summed E-state index contributed by atoms with van der Waals surface area (Å²) in [6, 6.07) is 0. The zero-order valence-electron chi connectivity index (χ0n) is 11.2. The number of hydrogen-bond donors (Lipinski definition) is 0. The normalized spacial score (nSPS) is 12.7. The summed E-state index contributed by atoms with van der Waals surface area (Å²) in [5.41, 5.74) is 0. The van der Waals surface area contributed by atoms with Crippen LogP contribution in [0.1, 0.15) is 39.5 Å². The summed E-state index contributed by atoms with van der Waals surface area (Å²) in [5, 5.41) is 10.3. The lowest BCUT2D eigenvalue weighted by Crippen LogP contribution is -2.30. The Balaban J connectivity index is 0. The van der Waals surface area contributed by atoms with E-state index in [1.165, 1.54) is 0 Å². The van der Waals surface area contributed by atoms with Crippen molar-refractivity contribution in [2.75, 3.05) is 28.2 Å². The van der Waals surface area contributed by atoms with Gasteiger partial charge in [0.1, 0.15) is 0 Å². The van der Waals surface area contributed by atoms with Crippen LogP contribution in [-0.4, -0.2) is 38.6 Å². The number of nitrogens with zero attached hydrogens (tertiary/aromatic N) is 1. The molecule has 1 unspecified atom stereocenters. The van der Waals surface area contributed by atoms with Crippen LogP contribution >= 0.6 is 0 Å². The molecule has 3 nitrogen and oxygen atoms in total. The van der Waals surface area contributed by atoms with Gasteiger partial charge in [0.05, 0.1) is 28.2 Å². The summed E-state index contributed by atoms with van der Waals surface area (Å²) in [5.74, 6) is -1.11. The predicted octanol–water partition coefficient (Wildman–Crippen LogP) is 1.28. The molecule has 0 bridgehead atoms. The number of aliphatic carboxylic acids is 1. The van der Waals surface area contributed by atoms with Crippen LogP contribution in [0.25, 0.3) is 0 Å². The first-order valence-corrected chi connectivity index (χ1v) is 5.72. The summed E-state index contributed by atoms with van der Waals surface area (Å²) in [4.78, 5) is 10.3. The first kappa shape index (κ1) is 16.8. The van der Waals surface area contributed by atoms with Gasteiger partial charge in [-0.1, -0.05) is 26.7 Å². The average molecular weight is 217 g/mol. The number of hydrogen-bond acceptors (Lipinski definition) is 2. The Kier molecular flexibility index (Phi) is 9.79. The molecule has 0 N–H and O–H groups in total. The van der Waals surface area contributed by atoms with Gasteiger partial charge >= 0.3 is 0 Å². The number of quaternary nitrogens is 1. The quantitative estimate of drug-likeness (QED) is 0.651. The van der Waals surface area contributed by atoms with Gasteiger partial charge in [0, 0.05) is 5.97 Å². The summed E-state index contributed by atoms with van der Waals surface area (Å²) in [7, 11) is 8.50. The monoisotopic (exact) mass is 217 g/mol. The van der Waals surface area contributed by atoms with Crippen molar-refractivity contribution in [2.24, 2.45) is 5.92 Å². The topological polar surface area (TPSA) is 40.1 Å². The van der Waals surface area contributed by atoms with Crippen molar-refractivity contribution in [3.63, 3.8) is 0 Å². The van der Waals surface area contributed by atoms with Crippen molar-refractivity contribution < 1.29 is 14.4 Å². The smallest absolute Gasteiger partial charge is 0.0675 e. The molecule has 0 heterocycles. The zero-order valence-corrected chi connectivity index (χ0v) is 11.2. The molecule has 92 valence electrons. The van der Waals surface area contributed by atoms with E-state index in [1.807, 2.05) is 6.92 Å². The Morgan fingerprint density at radius 3 is 1.80 bits per heavy atom. The second kappa shape index (κ2) is 8.72. The van der Waals surface area contributed by atoms with Crippen molar-refractivity contribution in [3.8, 4) is 0 Å². The Labute approximate surface area is 94.7 Å². The van der Waals surface area contributed by atoms with E-state index in [4.69, 9.17) is 0 Å². The number of carbonyl (C=O) groups excluding carboxylic acids is 1. The molecule has 0 amide bonds.